The van der Waals surface area contributed by atoms with E-state index in [0.29, 0.717) is 19.3 Å². The van der Waals surface area contributed by atoms with Crippen LogP contribution in [-0.2, 0) is 28.6 Å². The van der Waals surface area contributed by atoms with E-state index in [4.69, 9.17) is 14.2 Å². The molecular weight excluding hydrogens is 937 g/mol. The molecule has 0 rings (SSSR count). The highest BCUT2D eigenvalue weighted by Gasteiger charge is 2.19. The zero-order valence-corrected chi connectivity index (χ0v) is 50.3. The molecule has 0 aliphatic heterocycles. The van der Waals surface area contributed by atoms with Crippen molar-refractivity contribution >= 4 is 17.9 Å². The molecule has 0 aliphatic carbocycles. The summed E-state index contributed by atoms with van der Waals surface area (Å²) in [4.78, 5) is 38.1. The van der Waals surface area contributed by atoms with Gasteiger partial charge < -0.3 is 14.2 Å². The molecule has 0 aromatic carbocycles. The highest BCUT2D eigenvalue weighted by molar-refractivity contribution is 5.71. The van der Waals surface area contributed by atoms with Crippen molar-refractivity contribution in [3.8, 4) is 0 Å². The van der Waals surface area contributed by atoms with Gasteiger partial charge in [-0.25, -0.2) is 0 Å². The van der Waals surface area contributed by atoms with Crippen molar-refractivity contribution in [1.82, 2.24) is 0 Å². The molecule has 6 nitrogen and oxygen atoms in total. The third kappa shape index (κ3) is 61.4. The normalized spacial score (nSPS) is 12.6. The summed E-state index contributed by atoms with van der Waals surface area (Å²) < 4.78 is 16.9. The Labute approximate surface area is 471 Å². The minimum absolute atomic E-state index is 0.0769. The van der Waals surface area contributed by atoms with Crippen molar-refractivity contribution in [2.45, 2.75) is 329 Å². The van der Waals surface area contributed by atoms with Crippen LogP contribution in [0.25, 0.3) is 0 Å². The summed E-state index contributed by atoms with van der Waals surface area (Å²) in [6.45, 7) is 6.46. The van der Waals surface area contributed by atoms with Gasteiger partial charge in [0.05, 0.1) is 0 Å². The van der Waals surface area contributed by atoms with Gasteiger partial charge in [0, 0.05) is 19.3 Å². The zero-order valence-electron chi connectivity index (χ0n) is 50.3. The number of ether oxygens (including phenoxy) is 3. The van der Waals surface area contributed by atoms with Crippen molar-refractivity contribution < 1.29 is 28.6 Å². The SMILES string of the molecule is CC/C=C\C/C=C\C/C=C\C/C=C\C/C=C\CCCCCCCCCCCCCCCCCCCCCC(=O)OCC(COC(=O)CCCCCCCCCCCC)OC(=O)CCCCCCC/C=C\C/C=C\CCC. The van der Waals surface area contributed by atoms with Gasteiger partial charge in [0.15, 0.2) is 6.10 Å². The molecule has 0 amide bonds. The summed E-state index contributed by atoms with van der Waals surface area (Å²) in [5.74, 6) is -0.880. The number of hydrogen-bond donors (Lipinski definition) is 0. The maximum atomic E-state index is 12.8. The minimum atomic E-state index is -0.778. The predicted octanol–water partition coefficient (Wildman–Crippen LogP) is 22.3. The average Bonchev–Trinajstić information content (AvgIpc) is 3.42. The second-order valence-corrected chi connectivity index (χ2v) is 21.6. The van der Waals surface area contributed by atoms with Gasteiger partial charge in [0.25, 0.3) is 0 Å². The van der Waals surface area contributed by atoms with Gasteiger partial charge in [0.1, 0.15) is 13.2 Å². The van der Waals surface area contributed by atoms with E-state index in [1.807, 2.05) is 0 Å². The molecule has 1 atom stereocenters. The lowest BCUT2D eigenvalue weighted by atomic mass is 10.0. The monoisotopic (exact) mass is 1060 g/mol. The summed E-state index contributed by atoms with van der Waals surface area (Å²) in [6.07, 6.45) is 84.8. The van der Waals surface area contributed by atoms with E-state index in [9.17, 15) is 14.4 Å². The Kier molecular flexibility index (Phi) is 61.2. The van der Waals surface area contributed by atoms with Crippen LogP contribution in [0.5, 0.6) is 0 Å². The highest BCUT2D eigenvalue weighted by atomic mass is 16.6. The standard InChI is InChI=1S/C70H122O6/c1-4-7-10-13-16-19-22-24-25-26-27-28-29-30-31-32-33-34-35-36-37-38-39-40-41-42-43-44-45-47-48-51-54-57-60-63-69(72)75-66-67(65-74-68(71)62-59-56-53-50-21-18-15-12-9-6-3)76-70(73)64-61-58-55-52-49-46-23-20-17-14-11-8-5-2/h7,10-11,14,16,19-20,23-25,27-28,30-31,67H,4-6,8-9,12-13,15,17-18,21-22,26,29,32-66H2,1-3H3/b10-7-,14-11-,19-16-,23-20-,25-24-,28-27-,31-30-. The van der Waals surface area contributed by atoms with Crippen molar-refractivity contribution in [2.75, 3.05) is 13.2 Å². The van der Waals surface area contributed by atoms with Gasteiger partial charge in [0.2, 0.25) is 0 Å². The van der Waals surface area contributed by atoms with Crippen molar-refractivity contribution in [3.63, 3.8) is 0 Å². The second-order valence-electron chi connectivity index (χ2n) is 21.6. The van der Waals surface area contributed by atoms with Crippen LogP contribution < -0.4 is 0 Å². The topological polar surface area (TPSA) is 78.9 Å². The zero-order chi connectivity index (χ0) is 55.0. The number of unbranched alkanes of at least 4 members (excludes halogenated alkanes) is 34. The lowest BCUT2D eigenvalue weighted by molar-refractivity contribution is -0.167. The molecule has 0 N–H and O–H groups in total. The summed E-state index contributed by atoms with van der Waals surface area (Å²) >= 11 is 0. The van der Waals surface area contributed by atoms with Gasteiger partial charge in [-0.05, 0) is 89.9 Å². The number of allylic oxidation sites excluding steroid dienone is 14. The fourth-order valence-electron chi connectivity index (χ4n) is 9.27. The third-order valence-electron chi connectivity index (χ3n) is 14.1. The van der Waals surface area contributed by atoms with Gasteiger partial charge >= 0.3 is 17.9 Å². The number of carbonyl (C=O) groups is 3. The van der Waals surface area contributed by atoms with Crippen molar-refractivity contribution in [1.29, 1.82) is 0 Å². The number of hydrogen-bond acceptors (Lipinski definition) is 6. The third-order valence-corrected chi connectivity index (χ3v) is 14.1. The van der Waals surface area contributed by atoms with E-state index in [1.165, 1.54) is 161 Å². The van der Waals surface area contributed by atoms with E-state index >= 15 is 0 Å². The molecule has 0 aliphatic rings. The molecule has 0 radical (unpaired) electrons. The quantitative estimate of drug-likeness (QED) is 0.0261. The predicted molar refractivity (Wildman–Crippen MR) is 330 cm³/mol. The van der Waals surface area contributed by atoms with Crippen LogP contribution in [-0.4, -0.2) is 37.2 Å². The van der Waals surface area contributed by atoms with Gasteiger partial charge in [-0.15, -0.1) is 0 Å². The van der Waals surface area contributed by atoms with Crippen molar-refractivity contribution in [3.05, 3.63) is 85.1 Å². The first kappa shape index (κ1) is 72.6. The first-order chi connectivity index (χ1) is 37.5. The molecule has 0 fully saturated rings. The van der Waals surface area contributed by atoms with Crippen LogP contribution in [0, 0.1) is 0 Å². The molecule has 0 aromatic heterocycles. The molecule has 0 saturated carbocycles. The summed E-state index contributed by atoms with van der Waals surface area (Å²) in [7, 11) is 0. The first-order valence-corrected chi connectivity index (χ1v) is 32.6. The molecule has 0 spiro atoms. The Morgan fingerprint density at radius 1 is 0.276 bits per heavy atom. The lowest BCUT2D eigenvalue weighted by Crippen LogP contribution is -2.30. The summed E-state index contributed by atoms with van der Waals surface area (Å²) in [6, 6.07) is 0. The van der Waals surface area contributed by atoms with Crippen LogP contribution in [0.1, 0.15) is 323 Å². The molecule has 6 heteroatoms. The summed E-state index contributed by atoms with van der Waals surface area (Å²) in [5, 5.41) is 0. The molecule has 1 unspecified atom stereocenters. The van der Waals surface area contributed by atoms with Crippen LogP contribution in [0.2, 0.25) is 0 Å². The Bertz CT molecular complexity index is 1450. The van der Waals surface area contributed by atoms with E-state index in [1.54, 1.807) is 0 Å². The molecular formula is C70H122O6. The smallest absolute Gasteiger partial charge is 0.306 e. The van der Waals surface area contributed by atoms with E-state index in [2.05, 4.69) is 106 Å². The average molecular weight is 1060 g/mol. The first-order valence-electron chi connectivity index (χ1n) is 32.6. The maximum absolute atomic E-state index is 12.8. The molecule has 0 saturated heterocycles. The van der Waals surface area contributed by atoms with Crippen LogP contribution in [0.15, 0.2) is 85.1 Å². The molecule has 76 heavy (non-hydrogen) atoms. The van der Waals surface area contributed by atoms with Gasteiger partial charge in [-0.3, -0.25) is 14.4 Å². The number of carbonyl (C=O) groups excluding carboxylic acids is 3. The van der Waals surface area contributed by atoms with Gasteiger partial charge in [-0.2, -0.15) is 0 Å². The maximum Gasteiger partial charge on any atom is 0.306 e. The van der Waals surface area contributed by atoms with Crippen LogP contribution in [0.4, 0.5) is 0 Å². The lowest BCUT2D eigenvalue weighted by Gasteiger charge is -2.18. The van der Waals surface area contributed by atoms with Gasteiger partial charge in [-0.1, -0.05) is 298 Å². The Morgan fingerprint density at radius 3 is 0.855 bits per heavy atom. The van der Waals surface area contributed by atoms with Crippen LogP contribution >= 0.6 is 0 Å². The Morgan fingerprint density at radius 2 is 0.539 bits per heavy atom. The fraction of sp³-hybridized carbons (Fsp3) is 0.757. The second kappa shape index (κ2) is 64.1. The molecule has 0 heterocycles. The molecule has 0 bridgehead atoms. The Balaban J connectivity index is 4.02. The van der Waals surface area contributed by atoms with E-state index in [0.717, 1.165) is 122 Å². The van der Waals surface area contributed by atoms with Crippen molar-refractivity contribution in [2.24, 2.45) is 0 Å². The Hall–Kier alpha value is -3.41. The molecule has 0 aromatic rings. The van der Waals surface area contributed by atoms with E-state index < -0.39 is 6.10 Å². The van der Waals surface area contributed by atoms with Crippen LogP contribution in [0.3, 0.4) is 0 Å². The highest BCUT2D eigenvalue weighted by Crippen LogP contribution is 2.17. The fourth-order valence-corrected chi connectivity index (χ4v) is 9.27. The number of esters is 3. The minimum Gasteiger partial charge on any atom is -0.462 e. The number of rotatable bonds is 59. The van der Waals surface area contributed by atoms with E-state index in [-0.39, 0.29) is 31.1 Å². The largest absolute Gasteiger partial charge is 0.462 e. The molecule has 438 valence electrons. The summed E-state index contributed by atoms with van der Waals surface area (Å²) in [5.41, 5.74) is 0.